The molecule has 128 valence electrons. The molecule has 0 atom stereocenters. The molecule has 0 aliphatic carbocycles. The first-order chi connectivity index (χ1) is 11.4. The number of benzene rings is 1. The Morgan fingerprint density at radius 2 is 1.96 bits per heavy atom. The first-order valence-electron chi connectivity index (χ1n) is 7.55. The highest BCUT2D eigenvalue weighted by Crippen LogP contribution is 2.19. The molecule has 0 spiro atoms. The lowest BCUT2D eigenvalue weighted by atomic mass is 10.2. The zero-order valence-electron chi connectivity index (χ0n) is 13.8. The fourth-order valence-corrected chi connectivity index (χ4v) is 1.77. The average Bonchev–Trinajstić information content (AvgIpc) is 2.98. The number of amides is 3. The second-order valence-corrected chi connectivity index (χ2v) is 5.60. The van der Waals surface area contributed by atoms with Gasteiger partial charge in [-0.15, -0.1) is 0 Å². The van der Waals surface area contributed by atoms with E-state index in [0.29, 0.717) is 29.9 Å². The monoisotopic (exact) mass is 332 g/mol. The van der Waals surface area contributed by atoms with Gasteiger partial charge in [0, 0.05) is 19.0 Å². The molecule has 0 bridgehead atoms. The number of hydrogen-bond acceptors (Lipinski definition) is 6. The second-order valence-electron chi connectivity index (χ2n) is 5.60. The Morgan fingerprint density at radius 3 is 2.54 bits per heavy atom. The van der Waals surface area contributed by atoms with Crippen LogP contribution in [0.15, 0.2) is 28.8 Å². The van der Waals surface area contributed by atoms with Crippen LogP contribution in [0.1, 0.15) is 19.7 Å². The number of rotatable bonds is 6. The first-order valence-corrected chi connectivity index (χ1v) is 7.55. The largest absolute Gasteiger partial charge is 0.484 e. The van der Waals surface area contributed by atoms with Crippen LogP contribution in [0.5, 0.6) is 5.75 Å². The van der Waals surface area contributed by atoms with Crippen LogP contribution in [-0.2, 0) is 4.79 Å². The van der Waals surface area contributed by atoms with Gasteiger partial charge in [-0.1, -0.05) is 19.0 Å². The third-order valence-corrected chi connectivity index (χ3v) is 2.93. The highest BCUT2D eigenvalue weighted by Gasteiger charge is 2.09. The van der Waals surface area contributed by atoms with E-state index in [0.717, 1.165) is 5.56 Å². The Hall–Kier alpha value is -2.90. The molecule has 0 saturated heterocycles. The summed E-state index contributed by atoms with van der Waals surface area (Å²) in [6, 6.07) is 6.36. The molecule has 8 nitrogen and oxygen atoms in total. The van der Waals surface area contributed by atoms with E-state index in [1.54, 1.807) is 31.2 Å². The molecule has 1 aromatic heterocycles. The van der Waals surface area contributed by atoms with Crippen molar-refractivity contribution in [3.63, 3.8) is 0 Å². The van der Waals surface area contributed by atoms with Gasteiger partial charge in [-0.25, -0.2) is 4.79 Å². The number of nitrogens with zero attached hydrogens (tertiary/aromatic N) is 2. The van der Waals surface area contributed by atoms with Crippen molar-refractivity contribution < 1.29 is 18.8 Å². The molecule has 1 heterocycles. The maximum Gasteiger partial charge on any atom is 0.321 e. The van der Waals surface area contributed by atoms with E-state index in [1.807, 2.05) is 13.8 Å². The minimum absolute atomic E-state index is 0.254. The minimum Gasteiger partial charge on any atom is -0.484 e. The molecule has 1 aromatic carbocycles. The second kappa shape index (κ2) is 8.09. The highest BCUT2D eigenvalue weighted by atomic mass is 16.5. The lowest BCUT2D eigenvalue weighted by Crippen LogP contribution is -2.42. The van der Waals surface area contributed by atoms with Crippen molar-refractivity contribution in [3.05, 3.63) is 30.2 Å². The van der Waals surface area contributed by atoms with Crippen molar-refractivity contribution in [1.29, 1.82) is 0 Å². The number of ether oxygens (including phenoxy) is 1. The molecule has 0 unspecified atom stereocenters. The summed E-state index contributed by atoms with van der Waals surface area (Å²) >= 11 is 0. The number of aromatic nitrogens is 2. The molecule has 2 aromatic rings. The minimum atomic E-state index is -0.528. The van der Waals surface area contributed by atoms with E-state index >= 15 is 0 Å². The number of imide groups is 1. The molecule has 3 amide bonds. The van der Waals surface area contributed by atoms with Crippen LogP contribution in [0.2, 0.25) is 0 Å². The van der Waals surface area contributed by atoms with Crippen molar-refractivity contribution in [2.75, 3.05) is 13.2 Å². The van der Waals surface area contributed by atoms with Crippen LogP contribution in [0, 0.1) is 12.8 Å². The quantitative estimate of drug-likeness (QED) is 0.837. The molecule has 0 aliphatic rings. The summed E-state index contributed by atoms with van der Waals surface area (Å²) < 4.78 is 10.3. The number of hydrogen-bond donors (Lipinski definition) is 2. The van der Waals surface area contributed by atoms with Crippen molar-refractivity contribution >= 4 is 11.9 Å². The Balaban J connectivity index is 1.79. The molecule has 8 heteroatoms. The summed E-state index contributed by atoms with van der Waals surface area (Å²) in [6.07, 6.45) is 0. The standard InChI is InChI=1S/C16H20N4O4/c1-10(2)8-17-16(22)19-14(21)9-23-13-6-4-12(5-7-13)15-18-11(3)24-20-15/h4-7,10H,8-9H2,1-3H3,(H2,17,19,21,22). The fourth-order valence-electron chi connectivity index (χ4n) is 1.77. The number of aryl methyl sites for hydroxylation is 1. The molecule has 0 saturated carbocycles. The van der Waals surface area contributed by atoms with Gasteiger partial charge >= 0.3 is 6.03 Å². The summed E-state index contributed by atoms with van der Waals surface area (Å²) in [5, 5.41) is 8.61. The Kier molecular flexibility index (Phi) is 5.89. The van der Waals surface area contributed by atoms with Gasteiger partial charge in [-0.3, -0.25) is 10.1 Å². The number of carbonyl (C=O) groups excluding carboxylic acids is 2. The zero-order valence-corrected chi connectivity index (χ0v) is 13.8. The summed E-state index contributed by atoms with van der Waals surface area (Å²) in [4.78, 5) is 27.2. The topological polar surface area (TPSA) is 106 Å². The molecular weight excluding hydrogens is 312 g/mol. The van der Waals surface area contributed by atoms with Crippen molar-refractivity contribution in [3.8, 4) is 17.1 Å². The van der Waals surface area contributed by atoms with Gasteiger partial charge in [0.25, 0.3) is 5.91 Å². The predicted octanol–water partition coefficient (Wildman–Crippen LogP) is 1.91. The molecule has 0 fully saturated rings. The van der Waals surface area contributed by atoms with Gasteiger partial charge in [0.05, 0.1) is 0 Å². The van der Waals surface area contributed by atoms with Gasteiger partial charge < -0.3 is 14.6 Å². The van der Waals surface area contributed by atoms with E-state index in [4.69, 9.17) is 9.26 Å². The van der Waals surface area contributed by atoms with Gasteiger partial charge in [-0.05, 0) is 30.2 Å². The first kappa shape index (κ1) is 17.5. The zero-order chi connectivity index (χ0) is 17.5. The van der Waals surface area contributed by atoms with Crippen LogP contribution in [0.25, 0.3) is 11.4 Å². The van der Waals surface area contributed by atoms with Gasteiger partial charge in [0.1, 0.15) is 5.75 Å². The highest BCUT2D eigenvalue weighted by molar-refractivity contribution is 5.94. The lowest BCUT2D eigenvalue weighted by Gasteiger charge is -2.09. The molecule has 24 heavy (non-hydrogen) atoms. The normalized spacial score (nSPS) is 10.5. The van der Waals surface area contributed by atoms with E-state index in [2.05, 4.69) is 20.8 Å². The molecule has 0 radical (unpaired) electrons. The van der Waals surface area contributed by atoms with E-state index < -0.39 is 11.9 Å². The third kappa shape index (κ3) is 5.38. The predicted molar refractivity (Wildman–Crippen MR) is 86.3 cm³/mol. The van der Waals surface area contributed by atoms with Gasteiger partial charge in [0.15, 0.2) is 6.61 Å². The Labute approximate surface area is 139 Å². The molecule has 2 rings (SSSR count). The fraction of sp³-hybridized carbons (Fsp3) is 0.375. The van der Waals surface area contributed by atoms with Crippen LogP contribution in [-0.4, -0.2) is 35.2 Å². The van der Waals surface area contributed by atoms with Crippen LogP contribution in [0.4, 0.5) is 4.79 Å². The summed E-state index contributed by atoms with van der Waals surface area (Å²) in [6.45, 7) is 5.88. The molecule has 0 aliphatic heterocycles. The van der Waals surface area contributed by atoms with Crippen molar-refractivity contribution in [2.45, 2.75) is 20.8 Å². The number of nitrogens with one attached hydrogen (secondary N) is 2. The van der Waals surface area contributed by atoms with Crippen molar-refractivity contribution in [2.24, 2.45) is 5.92 Å². The Bertz CT molecular complexity index is 694. The third-order valence-electron chi connectivity index (χ3n) is 2.93. The maximum atomic E-state index is 11.6. The van der Waals surface area contributed by atoms with Gasteiger partial charge in [-0.2, -0.15) is 4.98 Å². The average molecular weight is 332 g/mol. The molecular formula is C16H20N4O4. The van der Waals surface area contributed by atoms with Crippen molar-refractivity contribution in [1.82, 2.24) is 20.8 Å². The van der Waals surface area contributed by atoms with Crippen LogP contribution in [0.3, 0.4) is 0 Å². The van der Waals surface area contributed by atoms with Crippen LogP contribution >= 0.6 is 0 Å². The number of carbonyl (C=O) groups is 2. The SMILES string of the molecule is Cc1nc(-c2ccc(OCC(=O)NC(=O)NCC(C)C)cc2)no1. The summed E-state index contributed by atoms with van der Waals surface area (Å²) in [7, 11) is 0. The Morgan fingerprint density at radius 1 is 1.25 bits per heavy atom. The lowest BCUT2D eigenvalue weighted by molar-refractivity contribution is -0.122. The molecule has 2 N–H and O–H groups in total. The van der Waals surface area contributed by atoms with E-state index in [9.17, 15) is 9.59 Å². The summed E-state index contributed by atoms with van der Waals surface area (Å²) in [5.74, 6) is 1.26. The van der Waals surface area contributed by atoms with Crippen LogP contribution < -0.4 is 15.4 Å². The smallest absolute Gasteiger partial charge is 0.321 e. The van der Waals surface area contributed by atoms with Gasteiger partial charge in [0.2, 0.25) is 11.7 Å². The maximum absolute atomic E-state index is 11.6. The van der Waals surface area contributed by atoms with E-state index in [1.165, 1.54) is 0 Å². The number of urea groups is 1. The summed E-state index contributed by atoms with van der Waals surface area (Å²) in [5.41, 5.74) is 0.775. The van der Waals surface area contributed by atoms with E-state index in [-0.39, 0.29) is 6.61 Å².